The molecule has 0 aliphatic carbocycles. The fourth-order valence-corrected chi connectivity index (χ4v) is 5.04. The predicted molar refractivity (Wildman–Crippen MR) is 152 cm³/mol. The second kappa shape index (κ2) is 12.6. The van der Waals surface area contributed by atoms with Crippen molar-refractivity contribution in [3.8, 4) is 28.1 Å². The van der Waals surface area contributed by atoms with Gasteiger partial charge in [0.05, 0.1) is 30.2 Å². The van der Waals surface area contributed by atoms with Crippen molar-refractivity contribution < 1.29 is 19.5 Å². The molecule has 214 valence electrons. The number of halogens is 1. The number of hydrogen-bond donors (Lipinski definition) is 3. The van der Waals surface area contributed by atoms with Crippen LogP contribution in [0.1, 0.15) is 41.3 Å². The molecule has 0 bridgehead atoms. The summed E-state index contributed by atoms with van der Waals surface area (Å²) in [6.45, 7) is 1.93. The summed E-state index contributed by atoms with van der Waals surface area (Å²) in [5, 5.41) is 18.9. The van der Waals surface area contributed by atoms with E-state index in [1.54, 1.807) is 52.7 Å². The SMILES string of the molecule is CCONC(=O)c1ccc(-c2cnc([C@@H]3CCc4cc(-c5cc(Cl)ccc5-n5cnnn5)cc(=O)n43)[nH]2)cc1.O=CO. The average molecular weight is 589 g/mol. The molecule has 13 nitrogen and oxygen atoms in total. The molecule has 1 aliphatic rings. The van der Waals surface area contributed by atoms with Crippen LogP contribution in [0.4, 0.5) is 0 Å². The molecule has 2 aromatic carbocycles. The minimum atomic E-state index is -0.308. The number of nitrogens with one attached hydrogen (secondary N) is 2. The molecule has 0 saturated carbocycles. The van der Waals surface area contributed by atoms with E-state index in [9.17, 15) is 9.59 Å². The zero-order valence-electron chi connectivity index (χ0n) is 22.3. The van der Waals surface area contributed by atoms with E-state index >= 15 is 0 Å². The van der Waals surface area contributed by atoms with Crippen LogP contribution < -0.4 is 11.0 Å². The summed E-state index contributed by atoms with van der Waals surface area (Å²) in [7, 11) is 0. The lowest BCUT2D eigenvalue weighted by Gasteiger charge is -2.15. The zero-order chi connectivity index (χ0) is 29.6. The number of aromatic nitrogens is 7. The molecule has 1 aliphatic heterocycles. The smallest absolute Gasteiger partial charge is 0.290 e. The Hall–Kier alpha value is -5.14. The summed E-state index contributed by atoms with van der Waals surface area (Å²) in [5.74, 6) is 0.395. The standard InChI is InChI=1S/C27H23ClN8O3.CH2O2/c1-2-39-32-27(38)17-5-3-16(4-6-17)22-14-29-26(31-22)24-10-8-20-11-18(12-25(37)36(20)24)21-13-19(28)7-9-23(21)35-15-30-33-34-35;2-1-3/h3-7,9,11-15,24H,2,8,10H2,1H3,(H,29,31)(H,32,38);1H,(H,2,3)/t24-;/m0./s1. The van der Waals surface area contributed by atoms with Gasteiger partial charge in [0, 0.05) is 27.9 Å². The van der Waals surface area contributed by atoms with Gasteiger partial charge >= 0.3 is 0 Å². The Morgan fingerprint density at radius 3 is 2.69 bits per heavy atom. The number of carbonyl (C=O) groups excluding carboxylic acids is 1. The third-order valence-electron chi connectivity index (χ3n) is 6.68. The molecule has 1 atom stereocenters. The summed E-state index contributed by atoms with van der Waals surface area (Å²) in [4.78, 5) is 46.8. The van der Waals surface area contributed by atoms with Crippen molar-refractivity contribution >= 4 is 24.0 Å². The van der Waals surface area contributed by atoms with Gasteiger partial charge in [0.1, 0.15) is 12.2 Å². The van der Waals surface area contributed by atoms with Crippen LogP contribution >= 0.6 is 11.6 Å². The Kier molecular flexibility index (Phi) is 8.50. The molecule has 14 heteroatoms. The van der Waals surface area contributed by atoms with Crippen molar-refractivity contribution in [2.45, 2.75) is 25.8 Å². The van der Waals surface area contributed by atoms with Crippen molar-refractivity contribution in [2.75, 3.05) is 6.61 Å². The van der Waals surface area contributed by atoms with Gasteiger partial charge in [0.15, 0.2) is 0 Å². The number of hydrogen-bond acceptors (Lipinski definition) is 8. The van der Waals surface area contributed by atoms with Gasteiger partial charge in [-0.15, -0.1) is 5.10 Å². The maximum Gasteiger partial charge on any atom is 0.290 e. The van der Waals surface area contributed by atoms with Crippen LogP contribution in [-0.4, -0.2) is 58.8 Å². The number of hydroxylamine groups is 1. The van der Waals surface area contributed by atoms with Crippen LogP contribution in [-0.2, 0) is 16.1 Å². The Bertz CT molecular complexity index is 1770. The number of benzene rings is 2. The first-order valence-electron chi connectivity index (χ1n) is 12.9. The predicted octanol–water partition coefficient (Wildman–Crippen LogP) is 3.45. The lowest BCUT2D eigenvalue weighted by Crippen LogP contribution is -2.24. The number of aryl methyl sites for hydroxylation is 1. The first-order valence-corrected chi connectivity index (χ1v) is 13.2. The van der Waals surface area contributed by atoms with Gasteiger partial charge in [0.2, 0.25) is 0 Å². The van der Waals surface area contributed by atoms with Gasteiger partial charge in [0.25, 0.3) is 17.9 Å². The lowest BCUT2D eigenvalue weighted by atomic mass is 10.0. The highest BCUT2D eigenvalue weighted by atomic mass is 35.5. The highest BCUT2D eigenvalue weighted by Gasteiger charge is 2.28. The van der Waals surface area contributed by atoms with Crippen LogP contribution in [0.3, 0.4) is 0 Å². The molecular weight excluding hydrogens is 564 g/mol. The third-order valence-corrected chi connectivity index (χ3v) is 6.91. The van der Waals surface area contributed by atoms with E-state index in [0.29, 0.717) is 29.4 Å². The van der Waals surface area contributed by atoms with E-state index in [2.05, 4.69) is 31.0 Å². The highest BCUT2D eigenvalue weighted by Crippen LogP contribution is 2.34. The largest absolute Gasteiger partial charge is 0.483 e. The fraction of sp³-hybridized carbons (Fsp3) is 0.179. The van der Waals surface area contributed by atoms with Gasteiger partial charge < -0.3 is 14.7 Å². The number of aromatic amines is 1. The number of amides is 1. The maximum absolute atomic E-state index is 13.4. The summed E-state index contributed by atoms with van der Waals surface area (Å²) in [5.41, 5.74) is 7.55. The number of carbonyl (C=O) groups is 2. The maximum atomic E-state index is 13.4. The first kappa shape index (κ1) is 28.4. The molecule has 3 N–H and O–H groups in total. The monoisotopic (exact) mass is 588 g/mol. The van der Waals surface area contributed by atoms with Crippen molar-refractivity contribution in [1.82, 2.24) is 40.2 Å². The van der Waals surface area contributed by atoms with Gasteiger partial charge in [-0.2, -0.15) is 4.68 Å². The van der Waals surface area contributed by atoms with Crippen molar-refractivity contribution in [1.29, 1.82) is 0 Å². The average Bonchev–Trinajstić information content (AvgIpc) is 3.78. The molecule has 0 fully saturated rings. The molecule has 0 spiro atoms. The molecule has 6 rings (SSSR count). The fourth-order valence-electron chi connectivity index (χ4n) is 4.87. The van der Waals surface area contributed by atoms with E-state index in [4.69, 9.17) is 26.3 Å². The molecule has 3 aromatic heterocycles. The summed E-state index contributed by atoms with van der Waals surface area (Å²) < 4.78 is 3.33. The van der Waals surface area contributed by atoms with Gasteiger partial charge in [-0.3, -0.25) is 19.2 Å². The summed E-state index contributed by atoms with van der Waals surface area (Å²) >= 11 is 6.30. The lowest BCUT2D eigenvalue weighted by molar-refractivity contribution is -0.122. The summed E-state index contributed by atoms with van der Waals surface area (Å²) in [6, 6.07) is 15.9. The second-order valence-electron chi connectivity index (χ2n) is 9.14. The van der Waals surface area contributed by atoms with Gasteiger partial charge in [-0.25, -0.2) is 10.5 Å². The Labute approximate surface area is 243 Å². The summed E-state index contributed by atoms with van der Waals surface area (Å²) in [6.07, 6.45) is 4.69. The van der Waals surface area contributed by atoms with Crippen LogP contribution in [0.5, 0.6) is 0 Å². The number of imidazole rings is 1. The number of carboxylic acid groups (broad SMARTS) is 1. The van der Waals surface area contributed by atoms with E-state index < -0.39 is 0 Å². The van der Waals surface area contributed by atoms with Crippen molar-refractivity contribution in [3.05, 3.63) is 99.6 Å². The Morgan fingerprint density at radius 1 is 1.19 bits per heavy atom. The molecule has 42 heavy (non-hydrogen) atoms. The molecule has 0 radical (unpaired) electrons. The quantitative estimate of drug-likeness (QED) is 0.190. The van der Waals surface area contributed by atoms with E-state index in [-0.39, 0.29) is 24.0 Å². The Morgan fingerprint density at radius 2 is 1.98 bits per heavy atom. The topological polar surface area (TPSA) is 170 Å². The number of pyridine rings is 1. The Balaban J connectivity index is 0.00000113. The second-order valence-corrected chi connectivity index (χ2v) is 9.58. The van der Waals surface area contributed by atoms with Crippen LogP contribution in [0, 0.1) is 0 Å². The van der Waals surface area contributed by atoms with Crippen molar-refractivity contribution in [3.63, 3.8) is 0 Å². The number of H-pyrrole nitrogens is 1. The number of nitrogens with zero attached hydrogens (tertiary/aromatic N) is 6. The minimum Gasteiger partial charge on any atom is -0.483 e. The molecule has 4 heterocycles. The van der Waals surface area contributed by atoms with Gasteiger partial charge in [-0.05, 0) is 77.7 Å². The molecule has 0 unspecified atom stereocenters. The molecule has 5 aromatic rings. The molecule has 1 amide bonds. The highest BCUT2D eigenvalue weighted by molar-refractivity contribution is 6.31. The molecule has 0 saturated heterocycles. The van der Waals surface area contributed by atoms with Crippen molar-refractivity contribution in [2.24, 2.45) is 0 Å². The van der Waals surface area contributed by atoms with E-state index in [1.807, 2.05) is 24.3 Å². The normalized spacial score (nSPS) is 13.6. The van der Waals surface area contributed by atoms with Crippen LogP contribution in [0.2, 0.25) is 5.02 Å². The minimum absolute atomic E-state index is 0.129. The van der Waals surface area contributed by atoms with Gasteiger partial charge in [-0.1, -0.05) is 23.7 Å². The number of fused-ring (bicyclic) bond motifs is 1. The number of tetrazole rings is 1. The first-order chi connectivity index (χ1) is 20.4. The van der Waals surface area contributed by atoms with Crippen LogP contribution in [0.15, 0.2) is 71.9 Å². The van der Waals surface area contributed by atoms with Crippen LogP contribution in [0.25, 0.3) is 28.1 Å². The van der Waals surface area contributed by atoms with E-state index in [0.717, 1.165) is 40.2 Å². The van der Waals surface area contributed by atoms with E-state index in [1.165, 1.54) is 6.33 Å². The zero-order valence-corrected chi connectivity index (χ0v) is 23.0. The third kappa shape index (κ3) is 5.82. The molecular formula is C28H25ClN8O5. The number of rotatable bonds is 7.